The minimum Gasteiger partial charge on any atom is -0.456 e. The molecule has 22 aromatic carbocycles. The Hall–Kier alpha value is -19.9. The highest BCUT2D eigenvalue weighted by Gasteiger charge is 2.55. The van der Waals surface area contributed by atoms with Crippen LogP contribution in [-0.4, -0.2) is 20.2 Å². The number of hydrogen-bond acceptors (Lipinski definition) is 8. The molecule has 0 N–H and O–H groups in total. The summed E-state index contributed by atoms with van der Waals surface area (Å²) in [5, 5.41) is 19.6. The summed E-state index contributed by atoms with van der Waals surface area (Å²) in [6.07, 6.45) is 0. The zero-order valence-electron chi connectivity index (χ0n) is 81.3. The van der Waals surface area contributed by atoms with Gasteiger partial charge in [0.05, 0.1) is 50.5 Å². The molecule has 0 atom stereocenters. The van der Waals surface area contributed by atoms with Crippen molar-refractivity contribution >= 4 is 10.9 Å². The molecular weight excluding hydrogens is 1820 g/mol. The lowest BCUT2D eigenvalue weighted by molar-refractivity contribution is 0.438. The molecule has 150 heavy (non-hydrogen) atoms. The van der Waals surface area contributed by atoms with Crippen LogP contribution in [0.3, 0.4) is 0 Å². The van der Waals surface area contributed by atoms with Crippen LogP contribution in [0.5, 0.6) is 34.5 Å². The van der Waals surface area contributed by atoms with E-state index in [1.165, 1.54) is 83.5 Å². The molecule has 6 aliphatic rings. The topological polar surface area (TPSA) is 103 Å². The van der Waals surface area contributed by atoms with E-state index in [4.69, 9.17) is 24.2 Å². The van der Waals surface area contributed by atoms with E-state index in [1.54, 1.807) is 0 Å². The Morgan fingerprint density at radius 2 is 0.467 bits per heavy atom. The molecule has 0 radical (unpaired) electrons. The predicted octanol–water partition coefficient (Wildman–Crippen LogP) is 35.4. The summed E-state index contributed by atoms with van der Waals surface area (Å²) in [7, 11) is 0. The molecule has 5 heterocycles. The molecule has 0 saturated heterocycles. The minimum absolute atomic E-state index is 0.487. The van der Waals surface area contributed by atoms with Gasteiger partial charge in [-0.15, -0.1) is 10.2 Å². The number of rotatable bonds is 11. The maximum Gasteiger partial charge on any atom is 0.160 e. The van der Waals surface area contributed by atoms with Gasteiger partial charge >= 0.3 is 0 Å². The summed E-state index contributed by atoms with van der Waals surface area (Å²) in [6.45, 7) is 0. The van der Waals surface area contributed by atoms with Gasteiger partial charge in [0.2, 0.25) is 0 Å². The Labute approximate surface area is 869 Å². The second-order valence-electron chi connectivity index (χ2n) is 38.9. The normalized spacial score (nSPS) is 13.1. The second-order valence-corrected chi connectivity index (χ2v) is 38.9. The predicted molar refractivity (Wildman–Crippen MR) is 605 cm³/mol. The van der Waals surface area contributed by atoms with Crippen LogP contribution in [-0.2, 0) is 16.2 Å². The maximum absolute atomic E-state index is 9.38. The van der Waals surface area contributed by atoms with Crippen molar-refractivity contribution < 1.29 is 14.2 Å². The number of nitriles is 1. The van der Waals surface area contributed by atoms with Gasteiger partial charge in [-0.2, -0.15) is 5.26 Å². The Bertz CT molecular complexity index is 9450. The lowest BCUT2D eigenvalue weighted by atomic mass is 9.65. The van der Waals surface area contributed by atoms with Crippen molar-refractivity contribution in [3.05, 3.63) is 612 Å². The van der Waals surface area contributed by atoms with Crippen molar-refractivity contribution in [2.45, 2.75) is 16.2 Å². The molecule has 8 heteroatoms. The number of ether oxygens (including phenoxy) is 3. The van der Waals surface area contributed by atoms with Crippen LogP contribution in [0.15, 0.2) is 540 Å². The number of benzene rings is 22. The zero-order chi connectivity index (χ0) is 99.4. The first-order valence-corrected chi connectivity index (χ1v) is 51.0. The molecule has 0 fully saturated rings. The molecule has 3 aliphatic carbocycles. The van der Waals surface area contributed by atoms with E-state index in [9.17, 15) is 5.26 Å². The van der Waals surface area contributed by atoms with Gasteiger partial charge in [-0.1, -0.05) is 479 Å². The number of para-hydroxylation sites is 7. The maximum atomic E-state index is 9.38. The molecular formula is C142H89N5O3. The van der Waals surface area contributed by atoms with Crippen LogP contribution in [0.1, 0.15) is 72.3 Å². The molecule has 8 nitrogen and oxygen atoms in total. The van der Waals surface area contributed by atoms with Crippen molar-refractivity contribution in [2.24, 2.45) is 0 Å². The largest absolute Gasteiger partial charge is 0.456 e. The van der Waals surface area contributed by atoms with Crippen LogP contribution in [0.4, 0.5) is 0 Å². The number of hydrogen-bond donors (Lipinski definition) is 0. The molecule has 700 valence electrons. The van der Waals surface area contributed by atoms with Crippen molar-refractivity contribution in [1.29, 1.82) is 5.26 Å². The fourth-order valence-corrected chi connectivity index (χ4v) is 24.7. The summed E-state index contributed by atoms with van der Waals surface area (Å²) < 4.78 is 20.9. The first-order valence-electron chi connectivity index (χ1n) is 51.0. The van der Waals surface area contributed by atoms with E-state index in [2.05, 4.69) is 483 Å². The Balaban J connectivity index is 0.000000108. The fraction of sp³-hybridized carbons (Fsp3) is 0.0211. The van der Waals surface area contributed by atoms with Crippen molar-refractivity contribution in [3.63, 3.8) is 0 Å². The van der Waals surface area contributed by atoms with Crippen molar-refractivity contribution in [3.8, 4) is 197 Å². The zero-order valence-corrected chi connectivity index (χ0v) is 81.3. The van der Waals surface area contributed by atoms with E-state index in [1.807, 2.05) is 72.8 Å². The Morgan fingerprint density at radius 1 is 0.180 bits per heavy atom. The first-order chi connectivity index (χ1) is 74.4. The summed E-state index contributed by atoms with van der Waals surface area (Å²) in [5.41, 5.74) is 44.6. The monoisotopic (exact) mass is 1910 g/mol. The van der Waals surface area contributed by atoms with Crippen LogP contribution in [0, 0.1) is 11.3 Å². The lowest BCUT2D eigenvalue weighted by Gasteiger charge is -2.40. The summed E-state index contributed by atoms with van der Waals surface area (Å²) in [4.78, 5) is 10.0. The number of aromatic nitrogens is 4. The SMILES string of the molecule is N#Cc1ccc(-c2ccccc2-c2ccccc2-c2cccc3c2Oc2ccccc2C32c3ccccc3-c3ccccc32)cc1.c1ccc(-c2ccc(-c3cccc(-c4ccccc4-c4cccc5c4Oc4ccccc4C54c5ccccc5-c5ccccc54)c3)nn2)cc1.c1ccc(-c2nc(-c3cccc(-c4ccc(-c5cccc6c5Oc5ccccc5C65c6ccccc6-c6ccccc65)cc4)c3)c3ccccc3n2)cc1. The highest BCUT2D eigenvalue weighted by atomic mass is 16.5. The molecule has 0 unspecified atom stereocenters. The Kier molecular flexibility index (Phi) is 21.2. The van der Waals surface area contributed by atoms with Crippen LogP contribution >= 0.6 is 0 Å². The summed E-state index contributed by atoms with van der Waals surface area (Å²) >= 11 is 0. The molecule has 2 aromatic heterocycles. The van der Waals surface area contributed by atoms with E-state index in [0.717, 1.165) is 185 Å². The fourth-order valence-electron chi connectivity index (χ4n) is 24.7. The van der Waals surface area contributed by atoms with E-state index >= 15 is 0 Å². The third-order valence-electron chi connectivity index (χ3n) is 31.1. The van der Waals surface area contributed by atoms with Crippen LogP contribution in [0.25, 0.3) is 167 Å². The summed E-state index contributed by atoms with van der Waals surface area (Å²) in [6, 6.07) is 193. The first kappa shape index (κ1) is 87.9. The molecule has 0 saturated carbocycles. The standard InChI is InChI=1S/C51H32N2O.C47H30N2O.C44H27NO/c1-2-14-35(15-3-1)50-52-46-26-10-6-20-41(46)48(53-50)37-17-12-16-36(32-37)33-28-30-34(31-29-33)38-21-13-25-45-49(38)54-47-27-11-9-24-44(47)51(45)42-22-7-4-18-39(42)40-19-5-8-23-43(40)51;1-2-14-31(15-3-1)43-28-29-44(49-48-43)33-17-12-16-32(30-33)34-18-4-5-19-35(34)38-22-13-26-42-46(38)50-45-27-11-10-25-41(45)47(42)39-23-8-6-20-36(39)37-21-7-9-24-40(37)47;45-28-29-24-26-30(27-25-29)31-12-1-2-13-32(31)33-14-3-4-15-34(33)37-18-11-22-41-43(37)46-42-23-10-9-21-40(42)44(41)38-19-7-5-16-35(38)36-17-6-8-20-39(36)44/h1-32H;1-30H;1-27H. The highest BCUT2D eigenvalue weighted by Crippen LogP contribution is 2.68. The summed E-state index contributed by atoms with van der Waals surface area (Å²) in [5.74, 6) is 6.06. The highest BCUT2D eigenvalue weighted by molar-refractivity contribution is 6.01. The third-order valence-corrected chi connectivity index (χ3v) is 31.1. The van der Waals surface area contributed by atoms with E-state index < -0.39 is 16.2 Å². The average Bonchev–Trinajstić information content (AvgIpc) is 1.48. The van der Waals surface area contributed by atoms with E-state index in [0.29, 0.717) is 5.56 Å². The quantitative estimate of drug-likeness (QED) is 0.126. The van der Waals surface area contributed by atoms with Crippen molar-refractivity contribution in [1.82, 2.24) is 20.2 Å². The molecule has 0 bridgehead atoms. The van der Waals surface area contributed by atoms with Gasteiger partial charge < -0.3 is 14.2 Å². The molecule has 3 spiro atoms. The minimum atomic E-state index is -0.511. The van der Waals surface area contributed by atoms with Gasteiger partial charge in [0.15, 0.2) is 5.82 Å². The van der Waals surface area contributed by atoms with Gasteiger partial charge in [-0.05, 0) is 189 Å². The number of fused-ring (bicyclic) bond motifs is 28. The van der Waals surface area contributed by atoms with Gasteiger partial charge in [0.25, 0.3) is 0 Å². The van der Waals surface area contributed by atoms with Crippen molar-refractivity contribution in [2.75, 3.05) is 0 Å². The average molecular weight is 1910 g/mol. The molecule has 30 rings (SSSR count). The second kappa shape index (κ2) is 36.2. The van der Waals surface area contributed by atoms with Gasteiger partial charge in [0, 0.05) is 77.7 Å². The lowest BCUT2D eigenvalue weighted by Crippen LogP contribution is -2.32. The molecule has 0 amide bonds. The Morgan fingerprint density at radius 3 is 0.920 bits per heavy atom. The molecule has 3 aliphatic heterocycles. The van der Waals surface area contributed by atoms with Gasteiger partial charge in [0.1, 0.15) is 34.5 Å². The molecule has 24 aromatic rings. The smallest absolute Gasteiger partial charge is 0.160 e. The van der Waals surface area contributed by atoms with E-state index in [-0.39, 0.29) is 0 Å². The third kappa shape index (κ3) is 14.0. The van der Waals surface area contributed by atoms with Gasteiger partial charge in [-0.3, -0.25) is 0 Å². The van der Waals surface area contributed by atoms with Crippen LogP contribution in [0.2, 0.25) is 0 Å². The van der Waals surface area contributed by atoms with Gasteiger partial charge in [-0.25, -0.2) is 9.97 Å². The van der Waals surface area contributed by atoms with Crippen LogP contribution < -0.4 is 14.2 Å². The number of nitrogens with zero attached hydrogens (tertiary/aromatic N) is 5.